The van der Waals surface area contributed by atoms with Gasteiger partial charge in [-0.25, -0.2) is 14.4 Å². The molecule has 10 amide bonds. The normalized spacial score (nSPS) is 15.9. The minimum atomic E-state index is -1.51. The summed E-state index contributed by atoms with van der Waals surface area (Å²) >= 11 is 3.39. The van der Waals surface area contributed by atoms with Gasteiger partial charge < -0.3 is 79.3 Å². The summed E-state index contributed by atoms with van der Waals surface area (Å²) in [6.45, 7) is 26.5. The van der Waals surface area contributed by atoms with Crippen molar-refractivity contribution in [1.29, 1.82) is 0 Å². The Morgan fingerprint density at radius 2 is 1.25 bits per heavy atom. The number of likely N-dealkylation sites (tertiary alicyclic amines) is 1. The molecule has 633 valence electrons. The Labute approximate surface area is 691 Å². The molecule has 0 unspecified atom stereocenters. The molecule has 10 N–H and O–H groups in total. The van der Waals surface area contributed by atoms with E-state index in [0.29, 0.717) is 58.9 Å². The summed E-state index contributed by atoms with van der Waals surface area (Å²) in [5.74, 6) is -7.21. The average Bonchev–Trinajstić information content (AvgIpc) is 1.75. The molecule has 1 fully saturated rings. The number of likely N-dealkylation sites (N-methyl/N-ethyl adjacent to an activating group) is 2. The number of aliphatic hydroxyl groups excluding tert-OH is 1. The second kappa shape index (κ2) is 51.4. The number of ketones is 2. The molecular weight excluding hydrogens is 1520 g/mol. The van der Waals surface area contributed by atoms with E-state index in [1.54, 1.807) is 125 Å². The van der Waals surface area contributed by atoms with E-state index in [1.165, 1.54) is 33.4 Å². The number of ether oxygens (including phenoxy) is 3. The first-order chi connectivity index (χ1) is 51.9. The molecule has 3 aromatic carbocycles. The molecule has 113 heavy (non-hydrogen) atoms. The van der Waals surface area contributed by atoms with E-state index < -0.39 is 144 Å². The number of carboxylic acid groups (broad SMARTS) is 1. The van der Waals surface area contributed by atoms with Gasteiger partial charge in [-0.15, -0.1) is 0 Å². The molecule has 4 rings (SSSR count). The SMILES string of the molecule is C.CC[C@H](C)[C@@H]([C@@H](CC(=O)N1CCC[C@H]1[C@H](OC)[C@@H](C)C(=O)C[C@H](C)[C@@H](O)c1ccccc1)OC)N(C)C(=O)[C@@H](NC(=O)[C@H](C(C)C)N(C)C(=O)OCc1ccc(NC(=O)[C@H](CCCNC(N)=O)NC(=O)[C@@H](NC(=O)CC[C@H](NC(=O)c2ccc(C(=O)C(CSC(C)C)CSC(C)C)cc2)C(=O)O)C(C)C)cc1)C(C)C.[CH3-].[V]. The fourth-order valence-corrected chi connectivity index (χ4v) is 15.5. The molecule has 27 nitrogen and oxygen atoms in total. The number of benzene rings is 3. The third-order valence-corrected chi connectivity index (χ3v) is 22.7. The van der Waals surface area contributed by atoms with Crippen LogP contribution in [0.5, 0.6) is 0 Å². The number of thioether (sulfide) groups is 2. The molecule has 13 atom stereocenters. The number of carboxylic acids is 1. The maximum atomic E-state index is 14.9. The van der Waals surface area contributed by atoms with Crippen LogP contribution in [0.2, 0.25) is 0 Å². The summed E-state index contributed by atoms with van der Waals surface area (Å²) in [7, 11) is 6.09. The minimum Gasteiger partial charge on any atom is -0.480 e. The summed E-state index contributed by atoms with van der Waals surface area (Å²) in [5, 5.41) is 37.8. The molecule has 3 aromatic rings. The molecule has 0 aromatic heterocycles. The van der Waals surface area contributed by atoms with Crippen LogP contribution in [-0.4, -0.2) is 214 Å². The maximum absolute atomic E-state index is 14.9. The Morgan fingerprint density at radius 3 is 1.77 bits per heavy atom. The topological polar surface area (TPSA) is 381 Å². The van der Waals surface area contributed by atoms with Crippen LogP contribution in [0, 0.1) is 48.9 Å². The Balaban J connectivity index is 0.0000213. The maximum Gasteiger partial charge on any atom is 0.410 e. The van der Waals surface area contributed by atoms with Gasteiger partial charge in [-0.2, -0.15) is 23.5 Å². The third-order valence-electron chi connectivity index (χ3n) is 20.2. The standard InChI is InChI=1S/C81H124N10O17S2.CH4.CH3.V/c1-19-51(12)70(64(106-17)42-66(94)91-40-24-28-62(91)73(107-18)53(14)63(92)41-52(13)71(95)55-25-21-20-22-26-55)89(15)78(101)68(47(4)5)88-77(100)69(48(6)7)90(16)81(105)108-43-54-29-35-59(36-30-54)84-75(98)60(27-23-39-83-80(82)104)85-76(99)67(46(2)3)87-65(93)38-37-61(79(102)103)86-74(97)57-33-31-56(32-34-57)72(96)58(44-109-49(8)9)45-110-50(10)11;;;/h20-22,25-26,29-36,46-53,58,60-62,64,67-71,73,95H,19,23-24,27-28,37-45H2,1-18H3,(H,84,98)(H,85,99)(H,86,97)(H,87,93)(H,88,100)(H,102,103)(H3,82,83,104);1H4;1H3;/q;;-1;/t51-,52-,53-,60-,61-,62-,64+,67-,68-,69-,70-,71+,73+;;;/m0.../s1. The second-order valence-corrected chi connectivity index (χ2v) is 33.7. The van der Waals surface area contributed by atoms with E-state index in [-0.39, 0.29) is 125 Å². The molecule has 1 radical (unpaired) electrons. The number of nitrogens with one attached hydrogen (secondary N) is 6. The number of carbonyl (C=O) groups is 12. The number of carbonyl (C=O) groups excluding carboxylic acids is 11. The van der Waals surface area contributed by atoms with Gasteiger partial charge in [0.25, 0.3) is 5.91 Å². The summed E-state index contributed by atoms with van der Waals surface area (Å²) in [4.78, 5) is 168. The van der Waals surface area contributed by atoms with Gasteiger partial charge in [0.1, 0.15) is 42.6 Å². The molecule has 1 aliphatic heterocycles. The van der Waals surface area contributed by atoms with Crippen LogP contribution in [0.25, 0.3) is 0 Å². The zero-order valence-electron chi connectivity index (χ0n) is 69.1. The van der Waals surface area contributed by atoms with Crippen LogP contribution in [0.1, 0.15) is 200 Å². The van der Waals surface area contributed by atoms with Gasteiger partial charge in [-0.3, -0.25) is 48.1 Å². The van der Waals surface area contributed by atoms with Crippen molar-refractivity contribution in [3.05, 3.63) is 109 Å². The number of urea groups is 1. The van der Waals surface area contributed by atoms with Crippen LogP contribution < -0.4 is 37.6 Å². The van der Waals surface area contributed by atoms with E-state index >= 15 is 0 Å². The number of amides is 10. The summed E-state index contributed by atoms with van der Waals surface area (Å²) in [6.07, 6.45) is -1.75. The first-order valence-corrected chi connectivity index (χ1v) is 40.5. The number of Topliss-reactive ketones (excluding diaryl/α,β-unsaturated/α-hetero) is 2. The van der Waals surface area contributed by atoms with Crippen LogP contribution in [-0.2, 0) is 77.7 Å². The van der Waals surface area contributed by atoms with Crippen LogP contribution in [0.4, 0.5) is 15.3 Å². The quantitative estimate of drug-likeness (QED) is 0.0144. The smallest absolute Gasteiger partial charge is 0.410 e. The van der Waals surface area contributed by atoms with E-state index in [1.807, 2.05) is 51.1 Å². The zero-order chi connectivity index (χ0) is 82.4. The Bertz CT molecular complexity index is 3490. The molecule has 1 heterocycles. The Hall–Kier alpha value is -7.54. The van der Waals surface area contributed by atoms with Gasteiger partial charge >= 0.3 is 18.1 Å². The fraction of sp³-hybridized carbons (Fsp3) is 0.627. The summed E-state index contributed by atoms with van der Waals surface area (Å²) < 4.78 is 17.8. The first-order valence-electron chi connectivity index (χ1n) is 38.4. The Kier molecular flexibility index (Phi) is 47.1. The zero-order valence-corrected chi connectivity index (χ0v) is 72.1. The minimum absolute atomic E-state index is 0. The van der Waals surface area contributed by atoms with Gasteiger partial charge in [-0.05, 0) is 108 Å². The number of nitrogens with zero attached hydrogens (tertiary/aromatic N) is 3. The van der Waals surface area contributed by atoms with Crippen molar-refractivity contribution < 1.29 is 101 Å². The van der Waals surface area contributed by atoms with Crippen LogP contribution in [0.3, 0.4) is 0 Å². The van der Waals surface area contributed by atoms with Crippen molar-refractivity contribution in [3.8, 4) is 0 Å². The predicted molar refractivity (Wildman–Crippen MR) is 441 cm³/mol. The number of anilines is 1. The Morgan fingerprint density at radius 1 is 0.664 bits per heavy atom. The number of hydrogen-bond donors (Lipinski definition) is 9. The number of primary amides is 1. The molecule has 0 aliphatic carbocycles. The summed E-state index contributed by atoms with van der Waals surface area (Å²) in [6, 6.07) is 13.5. The van der Waals surface area contributed by atoms with Crippen LogP contribution in [0.15, 0.2) is 78.9 Å². The monoisotopic (exact) mass is 1650 g/mol. The number of methoxy groups -OCH3 is 2. The van der Waals surface area contributed by atoms with Crippen molar-refractivity contribution in [3.63, 3.8) is 0 Å². The largest absolute Gasteiger partial charge is 0.480 e. The molecule has 30 heteroatoms. The van der Waals surface area contributed by atoms with Crippen molar-refractivity contribution in [2.75, 3.05) is 58.2 Å². The molecule has 1 aliphatic rings. The number of nitrogens with two attached hydrogens (primary N) is 1. The first kappa shape index (κ1) is 103. The van der Waals surface area contributed by atoms with E-state index in [9.17, 15) is 67.7 Å². The van der Waals surface area contributed by atoms with Crippen molar-refractivity contribution in [2.45, 2.75) is 240 Å². The average molecular weight is 1660 g/mol. The molecule has 0 saturated carbocycles. The van der Waals surface area contributed by atoms with E-state index in [2.05, 4.69) is 59.6 Å². The van der Waals surface area contributed by atoms with Gasteiger partial charge in [-0.1, -0.05) is 165 Å². The van der Waals surface area contributed by atoms with Crippen molar-refractivity contribution in [1.82, 2.24) is 41.3 Å². The second-order valence-electron chi connectivity index (χ2n) is 30.5. The van der Waals surface area contributed by atoms with Crippen LogP contribution >= 0.6 is 23.5 Å². The number of aliphatic hydroxyl groups is 1. The number of rotatable bonds is 47. The molecular formula is C83H131N10O17S2V-. The van der Waals surface area contributed by atoms with E-state index in [4.69, 9.17) is 19.9 Å². The molecule has 0 bridgehead atoms. The molecule has 1 saturated heterocycles. The number of aliphatic carboxylic acids is 1. The predicted octanol–water partition coefficient (Wildman–Crippen LogP) is 10.5. The van der Waals surface area contributed by atoms with Gasteiger partial charge in [0, 0.05) is 113 Å². The van der Waals surface area contributed by atoms with Crippen molar-refractivity contribution in [2.24, 2.45) is 47.2 Å². The van der Waals surface area contributed by atoms with E-state index in [0.717, 1.165) is 10.5 Å². The number of hydrogen-bond acceptors (Lipinski definition) is 18. The van der Waals surface area contributed by atoms with Gasteiger partial charge in [0.2, 0.25) is 35.4 Å². The third kappa shape index (κ3) is 32.6. The van der Waals surface area contributed by atoms with Gasteiger partial charge in [0.15, 0.2) is 5.78 Å². The fourth-order valence-electron chi connectivity index (χ4n) is 13.5. The summed E-state index contributed by atoms with van der Waals surface area (Å²) in [5.41, 5.74) is 7.31. The van der Waals surface area contributed by atoms with Crippen molar-refractivity contribution >= 4 is 100 Å². The molecule has 0 spiro atoms. The van der Waals surface area contributed by atoms with Gasteiger partial charge in [0.05, 0.1) is 36.8 Å².